The first-order valence-corrected chi connectivity index (χ1v) is 9.34. The Morgan fingerprint density at radius 3 is 2.68 bits per heavy atom. The van der Waals surface area contributed by atoms with Crippen LogP contribution in [-0.2, 0) is 10.3 Å². The first-order chi connectivity index (χ1) is 10.8. The minimum atomic E-state index is -0.418. The van der Waals surface area contributed by atoms with Gasteiger partial charge in [-0.15, -0.1) is 0 Å². The van der Waals surface area contributed by atoms with Gasteiger partial charge in [-0.3, -0.25) is 10.2 Å². The zero-order valence-electron chi connectivity index (χ0n) is 12.7. The van der Waals surface area contributed by atoms with Gasteiger partial charge in [-0.25, -0.2) is 4.79 Å². The Bertz CT molecular complexity index is 564. The Morgan fingerprint density at radius 1 is 1.18 bits per heavy atom. The largest absolute Gasteiger partial charge is 0.438 e. The fourth-order valence-electron chi connectivity index (χ4n) is 4.03. The fourth-order valence-corrected chi connectivity index (χ4v) is 5.11. The van der Waals surface area contributed by atoms with Crippen molar-refractivity contribution in [2.75, 3.05) is 29.9 Å². The van der Waals surface area contributed by atoms with Gasteiger partial charge in [0.05, 0.1) is 5.69 Å². The molecule has 0 bridgehead atoms. The Balaban J connectivity index is 1.53. The Morgan fingerprint density at radius 2 is 1.91 bits per heavy atom. The molecular formula is C17H22N2O2S. The van der Waals surface area contributed by atoms with Crippen LogP contribution in [0.15, 0.2) is 24.3 Å². The summed E-state index contributed by atoms with van der Waals surface area (Å²) in [6.45, 7) is 2.05. The summed E-state index contributed by atoms with van der Waals surface area (Å²) in [7, 11) is 0. The molecule has 2 fully saturated rings. The molecule has 2 saturated heterocycles. The predicted molar refractivity (Wildman–Crippen MR) is 89.4 cm³/mol. The Kier molecular flexibility index (Phi) is 3.78. The second-order valence-electron chi connectivity index (χ2n) is 6.43. The van der Waals surface area contributed by atoms with Gasteiger partial charge >= 0.3 is 6.09 Å². The number of hydrogen-bond donors (Lipinski definition) is 1. The number of likely N-dealkylation sites (tertiary alicyclic amines) is 1. The number of anilines is 1. The van der Waals surface area contributed by atoms with Crippen molar-refractivity contribution >= 4 is 23.5 Å². The molecule has 3 heterocycles. The number of thioether (sulfide) groups is 1. The predicted octanol–water partition coefficient (Wildman–Crippen LogP) is 3.44. The van der Waals surface area contributed by atoms with Crippen LogP contribution < -0.4 is 5.32 Å². The van der Waals surface area contributed by atoms with E-state index in [0.29, 0.717) is 0 Å². The van der Waals surface area contributed by atoms with E-state index in [4.69, 9.17) is 4.74 Å². The average molecular weight is 318 g/mol. The lowest BCUT2D eigenvalue weighted by atomic mass is 9.81. The maximum absolute atomic E-state index is 11.9. The van der Waals surface area contributed by atoms with E-state index in [9.17, 15) is 4.79 Å². The molecule has 1 spiro atoms. The van der Waals surface area contributed by atoms with Crippen LogP contribution in [0.1, 0.15) is 31.2 Å². The molecule has 0 saturated carbocycles. The third-order valence-electron chi connectivity index (χ3n) is 5.26. The number of rotatable bonds is 1. The lowest BCUT2D eigenvalue weighted by Crippen LogP contribution is -2.51. The monoisotopic (exact) mass is 318 g/mol. The van der Waals surface area contributed by atoms with Crippen molar-refractivity contribution in [3.63, 3.8) is 0 Å². The van der Waals surface area contributed by atoms with Crippen LogP contribution in [0.25, 0.3) is 0 Å². The van der Waals surface area contributed by atoms with E-state index in [2.05, 4.69) is 28.0 Å². The molecule has 0 unspecified atom stereocenters. The molecule has 3 aliphatic heterocycles. The molecule has 1 N–H and O–H groups in total. The van der Waals surface area contributed by atoms with Crippen molar-refractivity contribution in [3.05, 3.63) is 29.8 Å². The Labute approximate surface area is 135 Å². The van der Waals surface area contributed by atoms with Crippen LogP contribution in [0, 0.1) is 0 Å². The molecule has 0 atom stereocenters. The molecule has 4 nitrogen and oxygen atoms in total. The van der Waals surface area contributed by atoms with Crippen LogP contribution in [0.2, 0.25) is 0 Å². The second-order valence-corrected chi connectivity index (χ2v) is 7.66. The summed E-state index contributed by atoms with van der Waals surface area (Å²) in [5.41, 5.74) is 1.65. The maximum atomic E-state index is 11.9. The number of fused-ring (bicyclic) bond motifs is 2. The van der Waals surface area contributed by atoms with Crippen molar-refractivity contribution in [2.24, 2.45) is 0 Å². The van der Waals surface area contributed by atoms with Crippen LogP contribution in [-0.4, -0.2) is 41.6 Å². The highest BCUT2D eigenvalue weighted by Crippen LogP contribution is 2.44. The van der Waals surface area contributed by atoms with Gasteiger partial charge in [-0.2, -0.15) is 11.8 Å². The van der Waals surface area contributed by atoms with Crippen LogP contribution in [0.4, 0.5) is 10.5 Å². The number of amides is 1. The molecular weight excluding hydrogens is 296 g/mol. The summed E-state index contributed by atoms with van der Waals surface area (Å²) in [5.74, 6) is 2.57. The first-order valence-electron chi connectivity index (χ1n) is 8.18. The number of para-hydroxylation sites is 1. The van der Waals surface area contributed by atoms with Crippen molar-refractivity contribution < 1.29 is 9.53 Å². The highest BCUT2D eigenvalue weighted by Gasteiger charge is 2.45. The lowest BCUT2D eigenvalue weighted by molar-refractivity contribution is -0.0463. The number of benzene rings is 1. The number of nitrogens with zero attached hydrogens (tertiary/aromatic N) is 1. The van der Waals surface area contributed by atoms with Gasteiger partial charge in [0.1, 0.15) is 5.60 Å². The molecule has 0 aromatic heterocycles. The number of ether oxygens (including phenoxy) is 1. The molecule has 22 heavy (non-hydrogen) atoms. The molecule has 3 aliphatic rings. The quantitative estimate of drug-likeness (QED) is 0.861. The average Bonchev–Trinajstić information content (AvgIpc) is 2.56. The second kappa shape index (κ2) is 5.78. The highest BCUT2D eigenvalue weighted by molar-refractivity contribution is 7.99. The summed E-state index contributed by atoms with van der Waals surface area (Å²) >= 11 is 2.07. The topological polar surface area (TPSA) is 41.6 Å². The maximum Gasteiger partial charge on any atom is 0.412 e. The molecule has 1 aromatic carbocycles. The summed E-state index contributed by atoms with van der Waals surface area (Å²) < 4.78 is 5.80. The molecule has 4 rings (SSSR count). The number of piperidine rings is 1. The van der Waals surface area contributed by atoms with Crippen LogP contribution >= 0.6 is 11.8 Å². The normalized spacial score (nSPS) is 25.4. The highest BCUT2D eigenvalue weighted by atomic mass is 32.2. The van der Waals surface area contributed by atoms with Gasteiger partial charge in [0.15, 0.2) is 0 Å². The number of carbonyl (C=O) groups is 1. The minimum absolute atomic E-state index is 0.304. The van der Waals surface area contributed by atoms with E-state index in [0.717, 1.165) is 43.2 Å². The van der Waals surface area contributed by atoms with E-state index in [1.165, 1.54) is 24.3 Å². The van der Waals surface area contributed by atoms with Crippen molar-refractivity contribution in [1.29, 1.82) is 0 Å². The van der Waals surface area contributed by atoms with Crippen LogP contribution in [0.5, 0.6) is 0 Å². The van der Waals surface area contributed by atoms with E-state index in [-0.39, 0.29) is 6.09 Å². The van der Waals surface area contributed by atoms with Gasteiger partial charge < -0.3 is 4.74 Å². The lowest BCUT2D eigenvalue weighted by Gasteiger charge is -2.46. The molecule has 5 heteroatoms. The van der Waals surface area contributed by atoms with Gasteiger partial charge in [0.2, 0.25) is 0 Å². The number of carbonyl (C=O) groups excluding carboxylic acids is 1. The zero-order chi connectivity index (χ0) is 15.0. The van der Waals surface area contributed by atoms with Gasteiger partial charge in [-0.1, -0.05) is 18.2 Å². The SMILES string of the molecule is O=C1Nc2ccccc2C2(CCN(C3CCSCC3)CC2)O1. The minimum Gasteiger partial charge on any atom is -0.438 e. The van der Waals surface area contributed by atoms with Crippen molar-refractivity contribution in [3.8, 4) is 0 Å². The third kappa shape index (κ3) is 2.50. The third-order valence-corrected chi connectivity index (χ3v) is 6.30. The smallest absolute Gasteiger partial charge is 0.412 e. The molecule has 118 valence electrons. The summed E-state index contributed by atoms with van der Waals surface area (Å²) in [4.78, 5) is 14.5. The number of hydrogen-bond acceptors (Lipinski definition) is 4. The van der Waals surface area contributed by atoms with Gasteiger partial charge in [0, 0.05) is 37.5 Å². The molecule has 0 aliphatic carbocycles. The first kappa shape index (κ1) is 14.4. The summed E-state index contributed by atoms with van der Waals surface area (Å²) in [6.07, 6.45) is 4.11. The van der Waals surface area contributed by atoms with Crippen molar-refractivity contribution in [2.45, 2.75) is 37.3 Å². The molecule has 1 aromatic rings. The molecule has 0 radical (unpaired) electrons. The number of nitrogens with one attached hydrogen (secondary N) is 1. The van der Waals surface area contributed by atoms with Crippen molar-refractivity contribution in [1.82, 2.24) is 4.90 Å². The molecule has 1 amide bonds. The van der Waals surface area contributed by atoms with E-state index < -0.39 is 5.60 Å². The fraction of sp³-hybridized carbons (Fsp3) is 0.588. The van der Waals surface area contributed by atoms with Gasteiger partial charge in [0.25, 0.3) is 0 Å². The van der Waals surface area contributed by atoms with Gasteiger partial charge in [-0.05, 0) is 30.4 Å². The standard InChI is InChI=1S/C17H22N2O2S/c20-16-18-15-4-2-1-3-14(15)17(21-16)7-9-19(10-8-17)13-5-11-22-12-6-13/h1-4,13H,5-12H2,(H,18,20). The summed E-state index contributed by atoms with van der Waals surface area (Å²) in [5, 5.41) is 2.83. The zero-order valence-corrected chi connectivity index (χ0v) is 13.5. The summed E-state index contributed by atoms with van der Waals surface area (Å²) in [6, 6.07) is 8.80. The van der Waals surface area contributed by atoms with E-state index in [1.54, 1.807) is 0 Å². The van der Waals surface area contributed by atoms with E-state index in [1.807, 2.05) is 18.2 Å². The Hall–Kier alpha value is -1.20. The van der Waals surface area contributed by atoms with Crippen LogP contribution in [0.3, 0.4) is 0 Å². The van der Waals surface area contributed by atoms with E-state index >= 15 is 0 Å².